The van der Waals surface area contributed by atoms with Crippen molar-refractivity contribution in [2.24, 2.45) is 17.3 Å². The number of benzene rings is 1. The maximum Gasteiger partial charge on any atom is 0.417 e. The van der Waals surface area contributed by atoms with E-state index in [1.54, 1.807) is 12.1 Å². The summed E-state index contributed by atoms with van der Waals surface area (Å²) in [5.41, 5.74) is 0.391. The summed E-state index contributed by atoms with van der Waals surface area (Å²) in [5.74, 6) is 1.16. The lowest BCUT2D eigenvalue weighted by molar-refractivity contribution is -0.137. The molecular weight excluding hydrogens is 549 g/mol. The van der Waals surface area contributed by atoms with Crippen LogP contribution in [0.3, 0.4) is 0 Å². The molecule has 3 fully saturated rings. The number of carboxylic acids is 1. The van der Waals surface area contributed by atoms with Crippen LogP contribution in [0.1, 0.15) is 85.7 Å². The fraction of sp³-hybridized carbons (Fsp3) is 0.469. The SMILES string of the molecule is CC(C)Oc1cc(OCC2CC3(CC(C=Cc4c(-c5ccccc5C(F)(F)F)noc4C4CC4)C3)C2)cnc1C(=O)O. The summed E-state index contributed by atoms with van der Waals surface area (Å²) in [6, 6.07) is 7.10. The van der Waals surface area contributed by atoms with Gasteiger partial charge < -0.3 is 19.1 Å². The van der Waals surface area contributed by atoms with Crippen LogP contribution >= 0.6 is 0 Å². The molecule has 7 nitrogen and oxygen atoms in total. The van der Waals surface area contributed by atoms with Gasteiger partial charge in [-0.1, -0.05) is 35.5 Å². The predicted octanol–water partition coefficient (Wildman–Crippen LogP) is 8.02. The molecule has 1 aromatic carbocycles. The normalized spacial score (nSPS) is 23.7. The Morgan fingerprint density at radius 1 is 1.19 bits per heavy atom. The molecule has 1 spiro atoms. The van der Waals surface area contributed by atoms with Gasteiger partial charge in [-0.15, -0.1) is 0 Å². The highest BCUT2D eigenvalue weighted by atomic mass is 19.4. The number of nitrogens with zero attached hydrogens (tertiary/aromatic N) is 2. The van der Waals surface area contributed by atoms with Crippen molar-refractivity contribution in [3.63, 3.8) is 0 Å². The zero-order valence-corrected chi connectivity index (χ0v) is 23.5. The molecule has 3 aliphatic rings. The van der Waals surface area contributed by atoms with Crippen LogP contribution in [0.25, 0.3) is 17.3 Å². The maximum absolute atomic E-state index is 13.7. The minimum Gasteiger partial charge on any atom is -0.492 e. The molecule has 222 valence electrons. The van der Waals surface area contributed by atoms with Crippen molar-refractivity contribution in [1.82, 2.24) is 10.1 Å². The van der Waals surface area contributed by atoms with Crippen LogP contribution < -0.4 is 9.47 Å². The van der Waals surface area contributed by atoms with Gasteiger partial charge in [0.1, 0.15) is 17.2 Å². The molecule has 1 N–H and O–H groups in total. The third-order valence-corrected chi connectivity index (χ3v) is 8.44. The molecule has 0 atom stereocenters. The van der Waals surface area contributed by atoms with Gasteiger partial charge in [-0.2, -0.15) is 13.2 Å². The molecule has 0 saturated heterocycles. The van der Waals surface area contributed by atoms with Crippen molar-refractivity contribution in [3.8, 4) is 22.8 Å². The number of ether oxygens (including phenoxy) is 2. The third-order valence-electron chi connectivity index (χ3n) is 8.44. The summed E-state index contributed by atoms with van der Waals surface area (Å²) in [6.07, 6.45) is 6.82. The number of hydrogen-bond acceptors (Lipinski definition) is 6. The van der Waals surface area contributed by atoms with Crippen LogP contribution in [-0.4, -0.2) is 33.9 Å². The molecule has 3 aliphatic carbocycles. The van der Waals surface area contributed by atoms with E-state index < -0.39 is 17.7 Å². The van der Waals surface area contributed by atoms with Gasteiger partial charge >= 0.3 is 12.1 Å². The molecule has 0 radical (unpaired) electrons. The summed E-state index contributed by atoms with van der Waals surface area (Å²) in [6.45, 7) is 4.15. The number of alkyl halides is 3. The van der Waals surface area contributed by atoms with Gasteiger partial charge in [-0.25, -0.2) is 9.78 Å². The van der Waals surface area contributed by atoms with Gasteiger partial charge in [-0.3, -0.25) is 0 Å². The zero-order chi connectivity index (χ0) is 29.6. The topological polar surface area (TPSA) is 94.7 Å². The Bertz CT molecular complexity index is 1490. The Hall–Kier alpha value is -3.82. The second-order valence-electron chi connectivity index (χ2n) is 12.2. The number of aromatic carboxylic acids is 1. The van der Waals surface area contributed by atoms with E-state index in [4.69, 9.17) is 14.0 Å². The molecule has 10 heteroatoms. The number of aromatic nitrogens is 2. The largest absolute Gasteiger partial charge is 0.492 e. The minimum absolute atomic E-state index is 0.0444. The number of carbonyl (C=O) groups is 1. The van der Waals surface area contributed by atoms with Gasteiger partial charge in [0, 0.05) is 23.1 Å². The van der Waals surface area contributed by atoms with Crippen LogP contribution in [0, 0.1) is 17.3 Å². The number of halogens is 3. The van der Waals surface area contributed by atoms with Crippen molar-refractivity contribution in [3.05, 3.63) is 65.2 Å². The summed E-state index contributed by atoms with van der Waals surface area (Å²) >= 11 is 0. The van der Waals surface area contributed by atoms with E-state index >= 15 is 0 Å². The number of carboxylic acid groups (broad SMARTS) is 1. The van der Waals surface area contributed by atoms with E-state index in [0.29, 0.717) is 35.5 Å². The highest BCUT2D eigenvalue weighted by Gasteiger charge is 2.52. The Labute approximate surface area is 241 Å². The first kappa shape index (κ1) is 28.3. The van der Waals surface area contributed by atoms with Gasteiger partial charge in [0.25, 0.3) is 0 Å². The van der Waals surface area contributed by atoms with E-state index in [0.717, 1.165) is 44.6 Å². The van der Waals surface area contributed by atoms with Crippen molar-refractivity contribution < 1.29 is 37.1 Å². The van der Waals surface area contributed by atoms with Crippen LogP contribution in [0.4, 0.5) is 13.2 Å². The Morgan fingerprint density at radius 2 is 1.93 bits per heavy atom. The van der Waals surface area contributed by atoms with Gasteiger partial charge in [0.05, 0.1) is 24.5 Å². The molecule has 0 bridgehead atoms. The number of hydrogen-bond donors (Lipinski definition) is 1. The summed E-state index contributed by atoms with van der Waals surface area (Å²) in [7, 11) is 0. The Morgan fingerprint density at radius 3 is 2.60 bits per heavy atom. The highest BCUT2D eigenvalue weighted by molar-refractivity contribution is 5.88. The molecule has 3 saturated carbocycles. The standard InChI is InChI=1S/C32H33F3N2O5/c1-18(2)41-26-11-22(16-36-28(26)30(38)39)40-17-20-14-31(15-20)12-19(13-31)7-10-24-27(37-42-29(24)21-8-9-21)23-5-3-4-6-25(23)32(33,34)35/h3-7,10-11,16,18-21H,8-9,12-15,17H2,1-2H3,(H,38,39). The second-order valence-corrected chi connectivity index (χ2v) is 12.2. The minimum atomic E-state index is -4.48. The number of allylic oxidation sites excluding steroid dienone is 1. The highest BCUT2D eigenvalue weighted by Crippen LogP contribution is 2.61. The summed E-state index contributed by atoms with van der Waals surface area (Å²) < 4.78 is 58.3. The molecule has 3 aromatic rings. The second kappa shape index (κ2) is 10.8. The van der Waals surface area contributed by atoms with Crippen LogP contribution in [0.15, 0.2) is 47.1 Å². The quantitative estimate of drug-likeness (QED) is 0.259. The third kappa shape index (κ3) is 5.76. The molecule has 42 heavy (non-hydrogen) atoms. The van der Waals surface area contributed by atoms with E-state index in [1.165, 1.54) is 18.3 Å². The van der Waals surface area contributed by atoms with E-state index in [9.17, 15) is 23.1 Å². The van der Waals surface area contributed by atoms with Crippen molar-refractivity contribution in [2.45, 2.75) is 70.6 Å². The van der Waals surface area contributed by atoms with Crippen molar-refractivity contribution >= 4 is 12.0 Å². The first-order valence-electron chi connectivity index (χ1n) is 14.4. The van der Waals surface area contributed by atoms with Crippen molar-refractivity contribution in [2.75, 3.05) is 6.61 Å². The molecule has 0 amide bonds. The predicted molar refractivity (Wildman–Crippen MR) is 148 cm³/mol. The Balaban J connectivity index is 1.06. The lowest BCUT2D eigenvalue weighted by Crippen LogP contribution is -2.48. The average molecular weight is 583 g/mol. The first-order chi connectivity index (χ1) is 20.0. The lowest BCUT2D eigenvalue weighted by atomic mass is 9.48. The lowest BCUT2D eigenvalue weighted by Gasteiger charge is -2.57. The Kier molecular flexibility index (Phi) is 7.27. The molecular formula is C32H33F3N2O5. The smallest absolute Gasteiger partial charge is 0.417 e. The molecule has 2 aromatic heterocycles. The van der Waals surface area contributed by atoms with Gasteiger partial charge in [-0.05, 0) is 75.7 Å². The van der Waals surface area contributed by atoms with Gasteiger partial charge in [0.2, 0.25) is 0 Å². The number of rotatable bonds is 10. The maximum atomic E-state index is 13.7. The average Bonchev–Trinajstić information content (AvgIpc) is 3.64. The zero-order valence-electron chi connectivity index (χ0n) is 23.5. The molecule has 0 aliphatic heterocycles. The molecule has 2 heterocycles. The first-order valence-corrected chi connectivity index (χ1v) is 14.4. The van der Waals surface area contributed by atoms with Gasteiger partial charge in [0.15, 0.2) is 11.4 Å². The summed E-state index contributed by atoms with van der Waals surface area (Å²) in [4.78, 5) is 15.4. The van der Waals surface area contributed by atoms with Crippen LogP contribution in [0.2, 0.25) is 0 Å². The summed E-state index contributed by atoms with van der Waals surface area (Å²) in [5, 5.41) is 13.5. The van der Waals surface area contributed by atoms with E-state index in [-0.39, 0.29) is 40.1 Å². The van der Waals surface area contributed by atoms with E-state index in [1.807, 2.05) is 19.9 Å². The molecule has 6 rings (SSSR count). The van der Waals surface area contributed by atoms with Crippen molar-refractivity contribution in [1.29, 1.82) is 0 Å². The monoisotopic (exact) mass is 582 g/mol. The van der Waals surface area contributed by atoms with Crippen LogP contribution in [0.5, 0.6) is 11.5 Å². The fourth-order valence-corrected chi connectivity index (χ4v) is 6.50. The van der Waals surface area contributed by atoms with Crippen LogP contribution in [-0.2, 0) is 6.18 Å². The van der Waals surface area contributed by atoms with E-state index in [2.05, 4.69) is 16.2 Å². The number of pyridine rings is 1. The molecule has 0 unspecified atom stereocenters. The fourth-order valence-electron chi connectivity index (χ4n) is 6.50.